The molecule has 0 spiro atoms. The van der Waals surface area contributed by atoms with Crippen molar-refractivity contribution >= 4 is 5.91 Å². The lowest BCUT2D eigenvalue weighted by Gasteiger charge is -2.39. The van der Waals surface area contributed by atoms with Crippen molar-refractivity contribution in [3.63, 3.8) is 0 Å². The van der Waals surface area contributed by atoms with Crippen LogP contribution in [-0.2, 0) is 4.79 Å². The van der Waals surface area contributed by atoms with Gasteiger partial charge in [-0.3, -0.25) is 4.79 Å². The summed E-state index contributed by atoms with van der Waals surface area (Å²) < 4.78 is 0. The van der Waals surface area contributed by atoms with Gasteiger partial charge in [0.05, 0.1) is 5.92 Å². The Labute approximate surface area is 110 Å². The fourth-order valence-corrected chi connectivity index (χ4v) is 4.15. The minimum atomic E-state index is 0.237. The smallest absolute Gasteiger partial charge is 0.224 e. The van der Waals surface area contributed by atoms with Crippen molar-refractivity contribution in [3.8, 4) is 0 Å². The Hall–Kier alpha value is -0.570. The van der Waals surface area contributed by atoms with Crippen LogP contribution < -0.4 is 10.6 Å². The van der Waals surface area contributed by atoms with Gasteiger partial charge in [0, 0.05) is 18.1 Å². The van der Waals surface area contributed by atoms with E-state index in [9.17, 15) is 4.79 Å². The molecule has 0 radical (unpaired) electrons. The van der Waals surface area contributed by atoms with Crippen LogP contribution >= 0.6 is 0 Å². The van der Waals surface area contributed by atoms with Gasteiger partial charge in [-0.05, 0) is 37.5 Å². The van der Waals surface area contributed by atoms with E-state index >= 15 is 0 Å². The first-order valence-corrected chi connectivity index (χ1v) is 7.63. The molecule has 1 saturated carbocycles. The topological polar surface area (TPSA) is 41.1 Å². The largest absolute Gasteiger partial charge is 0.353 e. The first kappa shape index (κ1) is 12.5. The molecule has 0 aromatic rings. The maximum absolute atomic E-state index is 12.4. The molecule has 3 heteroatoms. The molecule has 3 aliphatic rings. The number of hydrogen-bond donors (Lipinski definition) is 2. The Kier molecular flexibility index (Phi) is 3.13. The summed E-state index contributed by atoms with van der Waals surface area (Å²) in [5, 5.41) is 6.91. The van der Waals surface area contributed by atoms with Gasteiger partial charge in [-0.15, -0.1) is 0 Å². The summed E-state index contributed by atoms with van der Waals surface area (Å²) in [6.07, 6.45) is 8.50. The number of carbonyl (C=O) groups is 1. The van der Waals surface area contributed by atoms with Crippen LogP contribution in [0.15, 0.2) is 0 Å². The first-order chi connectivity index (χ1) is 8.56. The minimum absolute atomic E-state index is 0.237. The summed E-state index contributed by atoms with van der Waals surface area (Å²) in [5.74, 6) is 0.552. The molecule has 3 rings (SSSR count). The van der Waals surface area contributed by atoms with Crippen LogP contribution in [-0.4, -0.2) is 24.0 Å². The molecule has 2 N–H and O–H groups in total. The van der Waals surface area contributed by atoms with Crippen molar-refractivity contribution in [2.45, 2.75) is 76.9 Å². The SMILES string of the molecule is CC1(C)CCCCC1NC(=O)C1CC2CCC1N2. The second kappa shape index (κ2) is 4.52. The van der Waals surface area contributed by atoms with Crippen LogP contribution in [0.25, 0.3) is 0 Å². The van der Waals surface area contributed by atoms with Gasteiger partial charge in [-0.1, -0.05) is 26.7 Å². The van der Waals surface area contributed by atoms with Gasteiger partial charge in [0.1, 0.15) is 0 Å². The number of fused-ring (bicyclic) bond motifs is 2. The maximum Gasteiger partial charge on any atom is 0.224 e. The van der Waals surface area contributed by atoms with Gasteiger partial charge in [-0.2, -0.15) is 0 Å². The molecule has 3 fully saturated rings. The van der Waals surface area contributed by atoms with E-state index in [1.165, 1.54) is 32.1 Å². The number of nitrogens with one attached hydrogen (secondary N) is 2. The molecule has 102 valence electrons. The Balaban J connectivity index is 1.60. The molecule has 4 atom stereocenters. The standard InChI is InChI=1S/C15H26N2O/c1-15(2)8-4-3-5-13(15)17-14(18)11-9-10-6-7-12(11)16-10/h10-13,16H,3-9H2,1-2H3,(H,17,18). The zero-order chi connectivity index (χ0) is 12.8. The lowest BCUT2D eigenvalue weighted by Crippen LogP contribution is -2.50. The first-order valence-electron chi connectivity index (χ1n) is 7.63. The lowest BCUT2D eigenvalue weighted by atomic mass is 9.73. The average Bonchev–Trinajstić information content (AvgIpc) is 2.93. The Morgan fingerprint density at radius 1 is 1.22 bits per heavy atom. The summed E-state index contributed by atoms with van der Waals surface area (Å²) in [5.41, 5.74) is 0.277. The van der Waals surface area contributed by atoms with Crippen LogP contribution in [0.2, 0.25) is 0 Å². The van der Waals surface area contributed by atoms with Crippen molar-refractivity contribution in [2.75, 3.05) is 0 Å². The quantitative estimate of drug-likeness (QED) is 0.789. The molecule has 2 aliphatic heterocycles. The zero-order valence-electron chi connectivity index (χ0n) is 11.7. The van der Waals surface area contributed by atoms with E-state index in [0.29, 0.717) is 24.0 Å². The van der Waals surface area contributed by atoms with Gasteiger partial charge in [0.2, 0.25) is 5.91 Å². The second-order valence-corrected chi connectivity index (χ2v) is 7.19. The van der Waals surface area contributed by atoms with Gasteiger partial charge < -0.3 is 10.6 Å². The summed E-state index contributed by atoms with van der Waals surface area (Å²) in [4.78, 5) is 12.4. The molecule has 2 saturated heterocycles. The molecule has 1 amide bonds. The van der Waals surface area contributed by atoms with Gasteiger partial charge >= 0.3 is 0 Å². The van der Waals surface area contributed by atoms with E-state index < -0.39 is 0 Å². The summed E-state index contributed by atoms with van der Waals surface area (Å²) >= 11 is 0. The molecular weight excluding hydrogens is 224 g/mol. The fraction of sp³-hybridized carbons (Fsp3) is 0.933. The highest BCUT2D eigenvalue weighted by Gasteiger charge is 2.44. The monoisotopic (exact) mass is 250 g/mol. The van der Waals surface area contributed by atoms with Crippen LogP contribution in [0, 0.1) is 11.3 Å². The van der Waals surface area contributed by atoms with Crippen LogP contribution in [0.5, 0.6) is 0 Å². The lowest BCUT2D eigenvalue weighted by molar-refractivity contribution is -0.127. The molecule has 0 aromatic heterocycles. The normalized spacial score (nSPS) is 41.9. The number of hydrogen-bond acceptors (Lipinski definition) is 2. The van der Waals surface area contributed by atoms with E-state index in [-0.39, 0.29) is 11.3 Å². The van der Waals surface area contributed by atoms with Crippen molar-refractivity contribution in [1.29, 1.82) is 0 Å². The van der Waals surface area contributed by atoms with Gasteiger partial charge in [0.25, 0.3) is 0 Å². The maximum atomic E-state index is 12.4. The van der Waals surface area contributed by atoms with E-state index in [2.05, 4.69) is 24.5 Å². The predicted octanol–water partition coefficient (Wildman–Crippen LogP) is 2.21. The second-order valence-electron chi connectivity index (χ2n) is 7.19. The van der Waals surface area contributed by atoms with Crippen molar-refractivity contribution in [2.24, 2.45) is 11.3 Å². The number of carbonyl (C=O) groups excluding carboxylic acids is 1. The van der Waals surface area contributed by atoms with Crippen LogP contribution in [0.4, 0.5) is 0 Å². The summed E-state index contributed by atoms with van der Waals surface area (Å²) in [7, 11) is 0. The van der Waals surface area contributed by atoms with Crippen LogP contribution in [0.1, 0.15) is 58.8 Å². The molecule has 18 heavy (non-hydrogen) atoms. The molecule has 2 bridgehead atoms. The highest BCUT2D eigenvalue weighted by Crippen LogP contribution is 2.37. The molecule has 4 unspecified atom stereocenters. The van der Waals surface area contributed by atoms with E-state index in [1.807, 2.05) is 0 Å². The molecule has 2 heterocycles. The third-order valence-electron chi connectivity index (χ3n) is 5.46. The zero-order valence-corrected chi connectivity index (χ0v) is 11.7. The van der Waals surface area contributed by atoms with E-state index in [0.717, 1.165) is 12.8 Å². The summed E-state index contributed by atoms with van der Waals surface area (Å²) in [6, 6.07) is 1.46. The molecule has 0 aromatic carbocycles. The minimum Gasteiger partial charge on any atom is -0.353 e. The highest BCUT2D eigenvalue weighted by atomic mass is 16.2. The highest BCUT2D eigenvalue weighted by molar-refractivity contribution is 5.80. The number of amides is 1. The Morgan fingerprint density at radius 3 is 2.67 bits per heavy atom. The van der Waals surface area contributed by atoms with Crippen molar-refractivity contribution in [3.05, 3.63) is 0 Å². The summed E-state index contributed by atoms with van der Waals surface area (Å²) in [6.45, 7) is 4.60. The Bertz CT molecular complexity index is 339. The third-order valence-corrected chi connectivity index (χ3v) is 5.46. The average molecular weight is 250 g/mol. The van der Waals surface area contributed by atoms with Crippen molar-refractivity contribution in [1.82, 2.24) is 10.6 Å². The third kappa shape index (κ3) is 2.18. The van der Waals surface area contributed by atoms with Crippen LogP contribution in [0.3, 0.4) is 0 Å². The molecule has 1 aliphatic carbocycles. The Morgan fingerprint density at radius 2 is 2.06 bits per heavy atom. The van der Waals surface area contributed by atoms with E-state index in [1.54, 1.807) is 0 Å². The fourth-order valence-electron chi connectivity index (χ4n) is 4.15. The predicted molar refractivity (Wildman–Crippen MR) is 72.2 cm³/mol. The van der Waals surface area contributed by atoms with E-state index in [4.69, 9.17) is 0 Å². The van der Waals surface area contributed by atoms with Gasteiger partial charge in [0.15, 0.2) is 0 Å². The molecule has 3 nitrogen and oxygen atoms in total. The molecular formula is C15H26N2O. The van der Waals surface area contributed by atoms with Crippen molar-refractivity contribution < 1.29 is 4.79 Å². The number of rotatable bonds is 2. The van der Waals surface area contributed by atoms with Gasteiger partial charge in [-0.25, -0.2) is 0 Å².